The molecule has 2 heterocycles. The Morgan fingerprint density at radius 2 is 1.80 bits per heavy atom. The number of anilines is 1. The molecule has 1 saturated heterocycles. The van der Waals surface area contributed by atoms with Crippen LogP contribution in [0.15, 0.2) is 41.3 Å². The summed E-state index contributed by atoms with van der Waals surface area (Å²) in [4.78, 5) is 12.0. The van der Waals surface area contributed by atoms with Crippen molar-refractivity contribution in [3.8, 4) is 5.75 Å². The topological polar surface area (TPSA) is 120 Å². The molecule has 2 aliphatic rings. The fourth-order valence-corrected chi connectivity index (χ4v) is 7.98. The van der Waals surface area contributed by atoms with Gasteiger partial charge in [-0.25, -0.2) is 21.2 Å². The second-order valence-electron chi connectivity index (χ2n) is 11.0. The van der Waals surface area contributed by atoms with Crippen molar-refractivity contribution >= 4 is 43.3 Å². The standard InChI is InChI=1S/C27H31ClF4N2O8S2/c1-17-15-33(9-10-40-17)43(36,37)11-8-19-16-34(44(38,39)20-5-6-22(29)21(28)14-20)23-12-18(4-7-24(23)41-19)13-25(35)42-26(2,3)27(30,31)32/h4-7,12,14,17,19H,8-11,13,15-16H2,1-3H3/t17?,19-/m0/s1. The summed E-state index contributed by atoms with van der Waals surface area (Å²) in [7, 11) is -8.20. The van der Waals surface area contributed by atoms with Crippen LogP contribution in [-0.4, -0.2) is 83.1 Å². The number of ether oxygens (including phenoxy) is 3. The van der Waals surface area contributed by atoms with Crippen molar-refractivity contribution in [1.82, 2.24) is 4.31 Å². The Kier molecular flexibility index (Phi) is 9.81. The summed E-state index contributed by atoms with van der Waals surface area (Å²) in [5.74, 6) is -2.39. The second kappa shape index (κ2) is 12.6. The molecule has 4 rings (SSSR count). The largest absolute Gasteiger partial charge is 0.486 e. The fraction of sp³-hybridized carbons (Fsp3) is 0.519. The van der Waals surface area contributed by atoms with Crippen LogP contribution < -0.4 is 9.04 Å². The molecule has 0 radical (unpaired) electrons. The smallest absolute Gasteiger partial charge is 0.427 e. The Balaban J connectivity index is 1.63. The number of carbonyl (C=O) groups is 1. The van der Waals surface area contributed by atoms with Crippen LogP contribution in [0.2, 0.25) is 5.02 Å². The maximum Gasteiger partial charge on any atom is 0.427 e. The van der Waals surface area contributed by atoms with Crippen LogP contribution in [-0.2, 0) is 40.7 Å². The minimum atomic E-state index is -4.82. The molecule has 1 fully saturated rings. The molecule has 0 saturated carbocycles. The summed E-state index contributed by atoms with van der Waals surface area (Å²) in [5, 5.41) is -0.453. The maximum absolute atomic E-state index is 13.8. The van der Waals surface area contributed by atoms with Crippen molar-refractivity contribution in [3.63, 3.8) is 0 Å². The number of esters is 1. The van der Waals surface area contributed by atoms with Crippen LogP contribution in [0.3, 0.4) is 0 Å². The Bertz CT molecular complexity index is 1620. The number of morpholine rings is 1. The van der Waals surface area contributed by atoms with E-state index in [1.165, 1.54) is 22.5 Å². The minimum Gasteiger partial charge on any atom is -0.486 e. The Morgan fingerprint density at radius 3 is 2.43 bits per heavy atom. The average molecular weight is 687 g/mol. The SMILES string of the molecule is CC1CN(S(=O)(=O)CC[C@H]2CN(S(=O)(=O)c3ccc(F)c(Cl)c3)c3cc(CC(=O)OC(C)(C)C(F)(F)F)ccc3O2)CCO1. The molecule has 2 aromatic rings. The summed E-state index contributed by atoms with van der Waals surface area (Å²) in [6.07, 6.45) is -6.77. The van der Waals surface area contributed by atoms with Gasteiger partial charge in [0.1, 0.15) is 17.7 Å². The third kappa shape index (κ3) is 7.58. The predicted octanol–water partition coefficient (Wildman–Crippen LogP) is 4.30. The number of benzene rings is 2. The molecule has 1 unspecified atom stereocenters. The fourth-order valence-electron chi connectivity index (χ4n) is 4.60. The first-order valence-corrected chi connectivity index (χ1v) is 16.9. The number of alkyl halides is 3. The molecule has 2 aliphatic heterocycles. The zero-order valence-electron chi connectivity index (χ0n) is 23.9. The number of sulfonamides is 2. The summed E-state index contributed by atoms with van der Waals surface area (Å²) in [6.45, 7) is 3.38. The predicted molar refractivity (Wildman–Crippen MR) is 152 cm³/mol. The quantitative estimate of drug-likeness (QED) is 0.283. The monoisotopic (exact) mass is 686 g/mol. The number of halogens is 5. The van der Waals surface area contributed by atoms with Gasteiger partial charge in [0.25, 0.3) is 10.0 Å². The van der Waals surface area contributed by atoms with Crippen LogP contribution >= 0.6 is 11.6 Å². The lowest BCUT2D eigenvalue weighted by Gasteiger charge is -2.36. The van der Waals surface area contributed by atoms with Gasteiger partial charge in [-0.2, -0.15) is 17.5 Å². The highest BCUT2D eigenvalue weighted by Gasteiger charge is 2.50. The molecule has 2 aromatic carbocycles. The van der Waals surface area contributed by atoms with Crippen molar-refractivity contribution in [2.75, 3.05) is 36.3 Å². The van der Waals surface area contributed by atoms with E-state index >= 15 is 0 Å². The van der Waals surface area contributed by atoms with E-state index < -0.39 is 61.2 Å². The Morgan fingerprint density at radius 1 is 1.09 bits per heavy atom. The second-order valence-corrected chi connectivity index (χ2v) is 15.3. The minimum absolute atomic E-state index is 0.0168. The normalized spacial score (nSPS) is 20.1. The first-order chi connectivity index (χ1) is 20.3. The van der Waals surface area contributed by atoms with Gasteiger partial charge < -0.3 is 14.2 Å². The zero-order valence-corrected chi connectivity index (χ0v) is 26.3. The third-order valence-electron chi connectivity index (χ3n) is 7.13. The molecule has 0 bridgehead atoms. The lowest BCUT2D eigenvalue weighted by molar-refractivity contribution is -0.257. The summed E-state index contributed by atoms with van der Waals surface area (Å²) in [6, 6.07) is 6.73. The average Bonchev–Trinajstić information content (AvgIpc) is 2.92. The highest BCUT2D eigenvalue weighted by Crippen LogP contribution is 2.39. The zero-order chi connectivity index (χ0) is 32.7. The van der Waals surface area contributed by atoms with Crippen LogP contribution in [0.4, 0.5) is 23.2 Å². The molecule has 17 heteroatoms. The molecule has 0 aromatic heterocycles. The van der Waals surface area contributed by atoms with Gasteiger partial charge in [0.15, 0.2) is 0 Å². The number of carbonyl (C=O) groups excluding carboxylic acids is 1. The first kappa shape index (κ1) is 34.2. The van der Waals surface area contributed by atoms with Crippen molar-refractivity contribution in [2.24, 2.45) is 0 Å². The van der Waals surface area contributed by atoms with E-state index in [4.69, 9.17) is 21.1 Å². The number of rotatable bonds is 9. The van der Waals surface area contributed by atoms with Crippen molar-refractivity contribution in [3.05, 3.63) is 52.8 Å². The van der Waals surface area contributed by atoms with Gasteiger partial charge in [-0.3, -0.25) is 9.10 Å². The molecule has 0 aliphatic carbocycles. The summed E-state index contributed by atoms with van der Waals surface area (Å²) < 4.78 is 125. The molecule has 0 N–H and O–H groups in total. The van der Waals surface area contributed by atoms with Crippen LogP contribution in [0.5, 0.6) is 5.75 Å². The Hall–Kier alpha value is -2.66. The van der Waals surface area contributed by atoms with E-state index in [9.17, 15) is 39.2 Å². The van der Waals surface area contributed by atoms with Gasteiger partial charge in [-0.15, -0.1) is 0 Å². The summed E-state index contributed by atoms with van der Waals surface area (Å²) >= 11 is 5.84. The van der Waals surface area contributed by atoms with E-state index in [-0.39, 0.29) is 66.4 Å². The highest BCUT2D eigenvalue weighted by atomic mass is 35.5. The van der Waals surface area contributed by atoms with E-state index in [1.54, 1.807) is 6.92 Å². The number of hydrogen-bond donors (Lipinski definition) is 0. The van der Waals surface area contributed by atoms with Gasteiger partial charge in [-0.05, 0) is 56.7 Å². The van der Waals surface area contributed by atoms with Gasteiger partial charge in [-0.1, -0.05) is 17.7 Å². The van der Waals surface area contributed by atoms with Crippen LogP contribution in [0.1, 0.15) is 32.8 Å². The van der Waals surface area contributed by atoms with E-state index in [1.807, 2.05) is 0 Å². The molecule has 2 atom stereocenters. The third-order valence-corrected chi connectivity index (χ3v) is 11.1. The Labute approximate surface area is 257 Å². The van der Waals surface area contributed by atoms with Gasteiger partial charge in [0, 0.05) is 19.5 Å². The molecular formula is C27H31ClF4N2O8S2. The van der Waals surface area contributed by atoms with Gasteiger partial charge >= 0.3 is 12.1 Å². The molecule has 10 nitrogen and oxygen atoms in total. The van der Waals surface area contributed by atoms with Gasteiger partial charge in [0.05, 0.1) is 47.0 Å². The molecule has 0 spiro atoms. The van der Waals surface area contributed by atoms with E-state index in [0.717, 1.165) is 22.5 Å². The molecule has 0 amide bonds. The van der Waals surface area contributed by atoms with Crippen molar-refractivity contribution in [1.29, 1.82) is 0 Å². The number of hydrogen-bond acceptors (Lipinski definition) is 8. The highest BCUT2D eigenvalue weighted by molar-refractivity contribution is 7.92. The van der Waals surface area contributed by atoms with Crippen LogP contribution in [0, 0.1) is 5.82 Å². The van der Waals surface area contributed by atoms with Crippen molar-refractivity contribution in [2.45, 2.75) is 62.5 Å². The van der Waals surface area contributed by atoms with E-state index in [0.29, 0.717) is 13.8 Å². The van der Waals surface area contributed by atoms with Gasteiger partial charge in [0.2, 0.25) is 15.6 Å². The lowest BCUT2D eigenvalue weighted by atomic mass is 10.1. The lowest BCUT2D eigenvalue weighted by Crippen LogP contribution is -2.47. The van der Waals surface area contributed by atoms with Crippen LogP contribution in [0.25, 0.3) is 0 Å². The summed E-state index contributed by atoms with van der Waals surface area (Å²) in [5.41, 5.74) is -2.70. The number of fused-ring (bicyclic) bond motifs is 1. The molecular weight excluding hydrogens is 656 g/mol. The molecule has 44 heavy (non-hydrogen) atoms. The maximum atomic E-state index is 13.8. The first-order valence-electron chi connectivity index (χ1n) is 13.5. The van der Waals surface area contributed by atoms with Crippen molar-refractivity contribution < 1.29 is 53.4 Å². The van der Waals surface area contributed by atoms with E-state index in [2.05, 4.69) is 4.74 Å². The molecule has 244 valence electrons. The number of nitrogens with zero attached hydrogens (tertiary/aromatic N) is 2.